The Labute approximate surface area is 72.7 Å². The highest BCUT2D eigenvalue weighted by atomic mass is 16.6. The summed E-state index contributed by atoms with van der Waals surface area (Å²) in [5.74, 6) is 0. The van der Waals surface area contributed by atoms with Crippen LogP contribution in [0.15, 0.2) is 0 Å². The quantitative estimate of drug-likeness (QED) is 0.565. The first-order valence-corrected chi connectivity index (χ1v) is 4.07. The van der Waals surface area contributed by atoms with Gasteiger partial charge in [0, 0.05) is 0 Å². The molecule has 1 unspecified atom stereocenters. The van der Waals surface area contributed by atoms with Crippen LogP contribution in [0, 0.1) is 0 Å². The Balaban J connectivity index is 2.86. The summed E-state index contributed by atoms with van der Waals surface area (Å²) < 4.78 is 5.13. The molecule has 0 saturated carbocycles. The predicted molar refractivity (Wildman–Crippen MR) is 43.7 cm³/mol. The van der Waals surface area contributed by atoms with Gasteiger partial charge in [-0.3, -0.25) is 0 Å². The fraction of sp³-hybridized carbons (Fsp3) is 1.00. The lowest BCUT2D eigenvalue weighted by Gasteiger charge is -2.50. The van der Waals surface area contributed by atoms with Gasteiger partial charge in [-0.05, 0) is 27.7 Å². The molecule has 1 aliphatic rings. The molecular weight excluding hydrogens is 158 g/mol. The summed E-state index contributed by atoms with van der Waals surface area (Å²) in [6, 6.07) is 0. The molecule has 4 nitrogen and oxygen atoms in total. The maximum atomic E-state index is 9.73. The van der Waals surface area contributed by atoms with Crippen LogP contribution in [0.1, 0.15) is 27.7 Å². The Morgan fingerprint density at radius 3 is 2.25 bits per heavy atom. The molecule has 1 rings (SSSR count). The van der Waals surface area contributed by atoms with E-state index in [0.29, 0.717) is 6.61 Å². The molecule has 2 N–H and O–H groups in total. The Kier molecular flexibility index (Phi) is 2.21. The first kappa shape index (κ1) is 9.92. The number of hydrogen-bond acceptors (Lipinski definition) is 4. The maximum Gasteiger partial charge on any atom is 0.174 e. The second kappa shape index (κ2) is 2.67. The molecule has 0 aromatic heterocycles. The van der Waals surface area contributed by atoms with Gasteiger partial charge < -0.3 is 15.1 Å². The molecule has 0 aromatic carbocycles. The van der Waals surface area contributed by atoms with Crippen molar-refractivity contribution in [3.63, 3.8) is 0 Å². The average Bonchev–Trinajstić information content (AvgIpc) is 1.96. The van der Waals surface area contributed by atoms with Gasteiger partial charge >= 0.3 is 0 Å². The van der Waals surface area contributed by atoms with E-state index in [1.54, 1.807) is 13.8 Å². The number of rotatable bonds is 0. The van der Waals surface area contributed by atoms with Crippen LogP contribution in [0.5, 0.6) is 0 Å². The molecule has 1 saturated heterocycles. The monoisotopic (exact) mass is 175 g/mol. The molecule has 12 heavy (non-hydrogen) atoms. The molecular formula is C8H17NO3. The summed E-state index contributed by atoms with van der Waals surface area (Å²) in [5.41, 5.74) is -1.19. The van der Waals surface area contributed by atoms with E-state index in [-0.39, 0.29) is 0 Å². The van der Waals surface area contributed by atoms with Crippen LogP contribution in [-0.4, -0.2) is 39.4 Å². The standard InChI is InChI=1S/C8H17NO3/c1-7(2)5-12-6(10)8(3,4)9(7)11/h6,10-11H,5H2,1-4H3. The lowest BCUT2D eigenvalue weighted by Crippen LogP contribution is -2.66. The van der Waals surface area contributed by atoms with Gasteiger partial charge in [-0.25, -0.2) is 0 Å². The van der Waals surface area contributed by atoms with Gasteiger partial charge in [-0.1, -0.05) is 0 Å². The molecule has 0 spiro atoms. The lowest BCUT2D eigenvalue weighted by atomic mass is 9.94. The van der Waals surface area contributed by atoms with E-state index in [4.69, 9.17) is 4.74 Å². The van der Waals surface area contributed by atoms with Crippen LogP contribution in [0.25, 0.3) is 0 Å². The third-order valence-corrected chi connectivity index (χ3v) is 2.32. The largest absolute Gasteiger partial charge is 0.366 e. The molecule has 0 amide bonds. The minimum atomic E-state index is -0.935. The highest BCUT2D eigenvalue weighted by molar-refractivity contribution is 4.93. The summed E-state index contributed by atoms with van der Waals surface area (Å²) in [6.45, 7) is 7.52. The van der Waals surface area contributed by atoms with Crippen LogP contribution in [-0.2, 0) is 4.74 Å². The van der Waals surface area contributed by atoms with Crippen molar-refractivity contribution in [3.05, 3.63) is 0 Å². The number of aliphatic hydroxyl groups excluding tert-OH is 1. The molecule has 0 bridgehead atoms. The minimum absolute atomic E-state index is 0.327. The zero-order valence-corrected chi connectivity index (χ0v) is 8.03. The summed E-state index contributed by atoms with van der Waals surface area (Å²) in [4.78, 5) is 0. The third kappa shape index (κ3) is 1.35. The third-order valence-electron chi connectivity index (χ3n) is 2.32. The average molecular weight is 175 g/mol. The highest BCUT2D eigenvalue weighted by Crippen LogP contribution is 2.31. The molecule has 1 fully saturated rings. The molecule has 1 heterocycles. The number of hydroxylamine groups is 2. The van der Waals surface area contributed by atoms with Gasteiger partial charge in [-0.2, -0.15) is 5.06 Å². The highest BCUT2D eigenvalue weighted by Gasteiger charge is 2.47. The van der Waals surface area contributed by atoms with Gasteiger partial charge in [0.1, 0.15) is 0 Å². The molecule has 0 aliphatic carbocycles. The molecule has 0 radical (unpaired) electrons. The predicted octanol–water partition coefficient (Wildman–Crippen LogP) is 0.583. The van der Waals surface area contributed by atoms with Gasteiger partial charge in [0.25, 0.3) is 0 Å². The van der Waals surface area contributed by atoms with E-state index >= 15 is 0 Å². The topological polar surface area (TPSA) is 52.9 Å². The van der Waals surface area contributed by atoms with E-state index in [1.807, 2.05) is 13.8 Å². The van der Waals surface area contributed by atoms with E-state index in [1.165, 1.54) is 0 Å². The van der Waals surface area contributed by atoms with E-state index < -0.39 is 17.4 Å². The second-order valence-electron chi connectivity index (χ2n) is 4.44. The molecule has 4 heteroatoms. The van der Waals surface area contributed by atoms with Crippen molar-refractivity contribution in [1.82, 2.24) is 5.06 Å². The minimum Gasteiger partial charge on any atom is -0.366 e. The smallest absolute Gasteiger partial charge is 0.174 e. The zero-order valence-electron chi connectivity index (χ0n) is 8.03. The fourth-order valence-electron chi connectivity index (χ4n) is 1.43. The fourth-order valence-corrected chi connectivity index (χ4v) is 1.43. The summed E-state index contributed by atoms with van der Waals surface area (Å²) in [7, 11) is 0. The number of morpholine rings is 1. The van der Waals surface area contributed by atoms with Crippen molar-refractivity contribution >= 4 is 0 Å². The Morgan fingerprint density at radius 1 is 1.33 bits per heavy atom. The SMILES string of the molecule is CC1(C)COC(O)C(C)(C)N1O. The number of aliphatic hydroxyl groups is 1. The van der Waals surface area contributed by atoms with Crippen LogP contribution in [0.3, 0.4) is 0 Å². The van der Waals surface area contributed by atoms with E-state index in [0.717, 1.165) is 5.06 Å². The lowest BCUT2D eigenvalue weighted by molar-refractivity contribution is -0.340. The Hall–Kier alpha value is -0.160. The summed E-state index contributed by atoms with van der Waals surface area (Å²) in [6.07, 6.45) is -0.935. The molecule has 1 aliphatic heterocycles. The Bertz CT molecular complexity index is 179. The normalized spacial score (nSPS) is 35.0. The van der Waals surface area contributed by atoms with Gasteiger partial charge in [0.15, 0.2) is 6.29 Å². The molecule has 0 aromatic rings. The molecule has 72 valence electrons. The maximum absolute atomic E-state index is 9.73. The second-order valence-corrected chi connectivity index (χ2v) is 4.44. The Morgan fingerprint density at radius 2 is 1.83 bits per heavy atom. The summed E-state index contributed by atoms with van der Waals surface area (Å²) in [5, 5.41) is 20.3. The van der Waals surface area contributed by atoms with Gasteiger partial charge in [-0.15, -0.1) is 0 Å². The van der Waals surface area contributed by atoms with Gasteiger partial charge in [0.05, 0.1) is 17.7 Å². The number of hydrogen-bond donors (Lipinski definition) is 2. The van der Waals surface area contributed by atoms with Crippen LogP contribution in [0.4, 0.5) is 0 Å². The molecule has 1 atom stereocenters. The van der Waals surface area contributed by atoms with Crippen molar-refractivity contribution in [1.29, 1.82) is 0 Å². The zero-order chi connectivity index (χ0) is 9.57. The van der Waals surface area contributed by atoms with Crippen LogP contribution >= 0.6 is 0 Å². The first-order valence-electron chi connectivity index (χ1n) is 4.07. The summed E-state index contributed by atoms with van der Waals surface area (Å²) >= 11 is 0. The van der Waals surface area contributed by atoms with E-state index in [9.17, 15) is 10.3 Å². The van der Waals surface area contributed by atoms with Crippen LogP contribution < -0.4 is 0 Å². The van der Waals surface area contributed by atoms with Crippen molar-refractivity contribution < 1.29 is 15.1 Å². The van der Waals surface area contributed by atoms with Crippen molar-refractivity contribution in [2.24, 2.45) is 0 Å². The first-order chi connectivity index (χ1) is 5.28. The van der Waals surface area contributed by atoms with Crippen molar-refractivity contribution in [3.8, 4) is 0 Å². The van der Waals surface area contributed by atoms with Crippen molar-refractivity contribution in [2.75, 3.05) is 6.61 Å². The number of nitrogens with zero attached hydrogens (tertiary/aromatic N) is 1. The van der Waals surface area contributed by atoms with Crippen molar-refractivity contribution in [2.45, 2.75) is 45.1 Å². The van der Waals surface area contributed by atoms with Crippen LogP contribution in [0.2, 0.25) is 0 Å². The van der Waals surface area contributed by atoms with Gasteiger partial charge in [0.2, 0.25) is 0 Å². The number of ether oxygens (including phenoxy) is 1. The van der Waals surface area contributed by atoms with E-state index in [2.05, 4.69) is 0 Å².